The van der Waals surface area contributed by atoms with Gasteiger partial charge in [0.2, 0.25) is 5.91 Å². The predicted molar refractivity (Wildman–Crippen MR) is 70.3 cm³/mol. The standard InChI is InChI=1S/C14H25NO3/c1-4-5-6-7-10-14(3,13(17)18)15(11(2)16)12-8-9-12/h12H,4-10H2,1-3H3,(H,17,18). The van der Waals surface area contributed by atoms with Crippen molar-refractivity contribution in [3.8, 4) is 0 Å². The number of hydrogen-bond acceptors (Lipinski definition) is 2. The summed E-state index contributed by atoms with van der Waals surface area (Å²) in [7, 11) is 0. The van der Waals surface area contributed by atoms with E-state index in [-0.39, 0.29) is 11.9 Å². The van der Waals surface area contributed by atoms with Gasteiger partial charge in [0, 0.05) is 13.0 Å². The fourth-order valence-corrected chi connectivity index (χ4v) is 2.57. The third kappa shape index (κ3) is 3.47. The van der Waals surface area contributed by atoms with Crippen LogP contribution in [0.3, 0.4) is 0 Å². The Morgan fingerprint density at radius 3 is 2.28 bits per heavy atom. The molecule has 0 aromatic carbocycles. The summed E-state index contributed by atoms with van der Waals surface area (Å²) in [6.45, 7) is 5.30. The van der Waals surface area contributed by atoms with E-state index in [2.05, 4.69) is 6.92 Å². The fourth-order valence-electron chi connectivity index (χ4n) is 2.57. The lowest BCUT2D eigenvalue weighted by atomic mass is 9.91. The van der Waals surface area contributed by atoms with Crippen molar-refractivity contribution in [2.75, 3.05) is 0 Å². The molecule has 1 aliphatic rings. The van der Waals surface area contributed by atoms with E-state index in [4.69, 9.17) is 0 Å². The van der Waals surface area contributed by atoms with Gasteiger partial charge in [-0.05, 0) is 26.2 Å². The van der Waals surface area contributed by atoms with E-state index >= 15 is 0 Å². The maximum absolute atomic E-state index is 11.7. The minimum absolute atomic E-state index is 0.113. The molecular formula is C14H25NO3. The molecule has 1 N–H and O–H groups in total. The molecule has 1 atom stereocenters. The first-order chi connectivity index (χ1) is 8.43. The molecule has 1 amide bonds. The minimum Gasteiger partial charge on any atom is -0.480 e. The lowest BCUT2D eigenvalue weighted by Gasteiger charge is -2.38. The number of carboxylic acids is 1. The molecule has 104 valence electrons. The first-order valence-electron chi connectivity index (χ1n) is 6.96. The molecule has 0 aromatic heterocycles. The normalized spacial score (nSPS) is 18.2. The third-order valence-corrected chi connectivity index (χ3v) is 3.76. The molecule has 0 aliphatic heterocycles. The zero-order chi connectivity index (χ0) is 13.8. The van der Waals surface area contributed by atoms with Crippen molar-refractivity contribution in [3.63, 3.8) is 0 Å². The van der Waals surface area contributed by atoms with Gasteiger partial charge >= 0.3 is 5.97 Å². The summed E-state index contributed by atoms with van der Waals surface area (Å²) in [5, 5.41) is 9.49. The van der Waals surface area contributed by atoms with Crippen LogP contribution in [0.25, 0.3) is 0 Å². The van der Waals surface area contributed by atoms with Gasteiger partial charge < -0.3 is 10.0 Å². The molecule has 0 aromatic rings. The SMILES string of the molecule is CCCCCCC(C)(C(=O)O)N(C(C)=O)C1CC1. The van der Waals surface area contributed by atoms with Crippen molar-refractivity contribution in [1.82, 2.24) is 4.90 Å². The molecule has 0 bridgehead atoms. The fraction of sp³-hybridized carbons (Fsp3) is 0.857. The minimum atomic E-state index is -1.03. The maximum Gasteiger partial charge on any atom is 0.329 e. The zero-order valence-corrected chi connectivity index (χ0v) is 11.7. The molecule has 1 rings (SSSR count). The Morgan fingerprint density at radius 2 is 1.89 bits per heavy atom. The topological polar surface area (TPSA) is 57.6 Å². The summed E-state index contributed by atoms with van der Waals surface area (Å²) in [5.74, 6) is -0.987. The molecular weight excluding hydrogens is 230 g/mol. The number of carbonyl (C=O) groups is 2. The van der Waals surface area contributed by atoms with Crippen molar-refractivity contribution in [1.29, 1.82) is 0 Å². The van der Waals surface area contributed by atoms with Gasteiger partial charge in [-0.3, -0.25) is 4.79 Å². The highest BCUT2D eigenvalue weighted by molar-refractivity contribution is 5.86. The van der Waals surface area contributed by atoms with Crippen LogP contribution in [0.15, 0.2) is 0 Å². The van der Waals surface area contributed by atoms with Gasteiger partial charge in [0.05, 0.1) is 0 Å². The predicted octanol–water partition coefficient (Wildman–Crippen LogP) is 2.81. The molecule has 1 saturated carbocycles. The van der Waals surface area contributed by atoms with Gasteiger partial charge in [-0.15, -0.1) is 0 Å². The number of carbonyl (C=O) groups excluding carboxylic acids is 1. The van der Waals surface area contributed by atoms with Gasteiger partial charge in [0.1, 0.15) is 5.54 Å². The lowest BCUT2D eigenvalue weighted by molar-refractivity contribution is -0.158. The lowest BCUT2D eigenvalue weighted by Crippen LogP contribution is -2.55. The summed E-state index contributed by atoms with van der Waals surface area (Å²) in [6.07, 6.45) is 6.60. The van der Waals surface area contributed by atoms with E-state index in [0.717, 1.165) is 38.5 Å². The molecule has 0 radical (unpaired) electrons. The number of hydrogen-bond donors (Lipinski definition) is 1. The van der Waals surface area contributed by atoms with Crippen molar-refractivity contribution >= 4 is 11.9 Å². The van der Waals surface area contributed by atoms with Gasteiger partial charge in [-0.1, -0.05) is 32.6 Å². The molecule has 1 unspecified atom stereocenters. The quantitative estimate of drug-likeness (QED) is 0.678. The number of amides is 1. The smallest absolute Gasteiger partial charge is 0.329 e. The van der Waals surface area contributed by atoms with Crippen LogP contribution in [0.2, 0.25) is 0 Å². The Balaban J connectivity index is 2.71. The third-order valence-electron chi connectivity index (χ3n) is 3.76. The largest absolute Gasteiger partial charge is 0.480 e. The molecule has 0 saturated heterocycles. The Kier molecular flexibility index (Phi) is 5.17. The molecule has 1 aliphatic carbocycles. The zero-order valence-electron chi connectivity index (χ0n) is 11.7. The molecule has 4 nitrogen and oxygen atoms in total. The van der Waals surface area contributed by atoms with Crippen LogP contribution in [-0.4, -0.2) is 33.5 Å². The van der Waals surface area contributed by atoms with Crippen molar-refractivity contribution < 1.29 is 14.7 Å². The van der Waals surface area contributed by atoms with E-state index in [1.54, 1.807) is 11.8 Å². The van der Waals surface area contributed by atoms with E-state index in [0.29, 0.717) is 6.42 Å². The van der Waals surface area contributed by atoms with Crippen LogP contribution in [0, 0.1) is 0 Å². The average Bonchev–Trinajstić information content (AvgIpc) is 3.08. The Bertz CT molecular complexity index is 312. The van der Waals surface area contributed by atoms with Crippen LogP contribution in [0.1, 0.15) is 65.7 Å². The summed E-state index contributed by atoms with van der Waals surface area (Å²) < 4.78 is 0. The van der Waals surface area contributed by atoms with Crippen molar-refractivity contribution in [2.24, 2.45) is 0 Å². The molecule has 4 heteroatoms. The van der Waals surface area contributed by atoms with Crippen LogP contribution in [-0.2, 0) is 9.59 Å². The van der Waals surface area contributed by atoms with Crippen molar-refractivity contribution in [3.05, 3.63) is 0 Å². The van der Waals surface area contributed by atoms with Crippen LogP contribution in [0.5, 0.6) is 0 Å². The summed E-state index contributed by atoms with van der Waals surface area (Å²) in [4.78, 5) is 24.9. The summed E-state index contributed by atoms with van der Waals surface area (Å²) in [5.41, 5.74) is -1.03. The van der Waals surface area contributed by atoms with E-state index < -0.39 is 11.5 Å². The maximum atomic E-state index is 11.7. The molecule has 0 heterocycles. The number of carboxylic acid groups (broad SMARTS) is 1. The first-order valence-corrected chi connectivity index (χ1v) is 6.96. The van der Waals surface area contributed by atoms with Gasteiger partial charge in [-0.2, -0.15) is 0 Å². The number of nitrogens with zero attached hydrogens (tertiary/aromatic N) is 1. The highest BCUT2D eigenvalue weighted by Gasteiger charge is 2.47. The van der Waals surface area contributed by atoms with E-state index in [1.807, 2.05) is 0 Å². The number of aliphatic carboxylic acids is 1. The van der Waals surface area contributed by atoms with Crippen LogP contribution >= 0.6 is 0 Å². The first kappa shape index (κ1) is 15.0. The summed E-state index contributed by atoms with van der Waals surface area (Å²) in [6, 6.07) is 0.148. The second-order valence-electron chi connectivity index (χ2n) is 5.51. The molecule has 1 fully saturated rings. The number of unbranched alkanes of at least 4 members (excludes halogenated alkanes) is 3. The Morgan fingerprint density at radius 1 is 1.28 bits per heavy atom. The van der Waals surface area contributed by atoms with Crippen LogP contribution < -0.4 is 0 Å². The second-order valence-corrected chi connectivity index (χ2v) is 5.51. The molecule has 0 spiro atoms. The Labute approximate surface area is 109 Å². The second kappa shape index (κ2) is 6.21. The highest BCUT2D eigenvalue weighted by atomic mass is 16.4. The van der Waals surface area contributed by atoms with E-state index in [9.17, 15) is 14.7 Å². The highest BCUT2D eigenvalue weighted by Crippen LogP contribution is 2.35. The van der Waals surface area contributed by atoms with Crippen molar-refractivity contribution in [2.45, 2.75) is 77.3 Å². The van der Waals surface area contributed by atoms with Gasteiger partial charge in [-0.25, -0.2) is 4.79 Å². The Hall–Kier alpha value is -1.06. The van der Waals surface area contributed by atoms with Crippen LogP contribution in [0.4, 0.5) is 0 Å². The monoisotopic (exact) mass is 255 g/mol. The van der Waals surface area contributed by atoms with Gasteiger partial charge in [0.15, 0.2) is 0 Å². The summed E-state index contributed by atoms with van der Waals surface area (Å²) >= 11 is 0. The molecule has 18 heavy (non-hydrogen) atoms. The van der Waals surface area contributed by atoms with Gasteiger partial charge in [0.25, 0.3) is 0 Å². The van der Waals surface area contributed by atoms with E-state index in [1.165, 1.54) is 6.92 Å². The average molecular weight is 255 g/mol. The number of rotatable bonds is 8.